The Balaban J connectivity index is 2.14. The molecule has 0 saturated heterocycles. The average molecular weight is 95.1 g/mol. The molecule has 2 rings (SSSR count). The Morgan fingerprint density at radius 3 is 3.14 bits per heavy atom. The van der Waals surface area contributed by atoms with Gasteiger partial charge in [0.25, 0.3) is 0 Å². The van der Waals surface area contributed by atoms with Crippen LogP contribution in [-0.4, -0.2) is 12.8 Å². The molecule has 1 aliphatic carbocycles. The summed E-state index contributed by atoms with van der Waals surface area (Å²) in [5.74, 6) is 1.96. The van der Waals surface area contributed by atoms with Crippen molar-refractivity contribution in [1.29, 1.82) is 0 Å². The SMILES string of the molecule is C1=NCCC2CC12. The van der Waals surface area contributed by atoms with Crippen LogP contribution in [0.15, 0.2) is 4.99 Å². The maximum absolute atomic E-state index is 4.17. The molecule has 1 aliphatic heterocycles. The summed E-state index contributed by atoms with van der Waals surface area (Å²) in [6.45, 7) is 1.10. The second-order valence-electron chi connectivity index (χ2n) is 2.50. The smallest absolute Gasteiger partial charge is 0.0388 e. The van der Waals surface area contributed by atoms with Gasteiger partial charge in [0, 0.05) is 12.8 Å². The molecule has 0 aromatic heterocycles. The lowest BCUT2D eigenvalue weighted by Gasteiger charge is -1.96. The van der Waals surface area contributed by atoms with E-state index in [2.05, 4.69) is 11.2 Å². The van der Waals surface area contributed by atoms with Crippen molar-refractivity contribution >= 4 is 6.21 Å². The Morgan fingerprint density at radius 2 is 2.57 bits per heavy atom. The molecule has 7 heavy (non-hydrogen) atoms. The molecule has 1 heteroatoms. The van der Waals surface area contributed by atoms with E-state index in [1.165, 1.54) is 12.8 Å². The molecule has 0 aromatic rings. The first-order valence-electron chi connectivity index (χ1n) is 2.97. The third kappa shape index (κ3) is 0.476. The molecular formula is C6H9N. The van der Waals surface area contributed by atoms with E-state index < -0.39 is 0 Å². The minimum Gasteiger partial charge on any atom is -0.297 e. The zero-order valence-corrected chi connectivity index (χ0v) is 4.30. The summed E-state index contributed by atoms with van der Waals surface area (Å²) in [6, 6.07) is 0. The number of rotatable bonds is 0. The maximum atomic E-state index is 4.17. The summed E-state index contributed by atoms with van der Waals surface area (Å²) in [5.41, 5.74) is 0. The van der Waals surface area contributed by atoms with E-state index >= 15 is 0 Å². The van der Waals surface area contributed by atoms with Crippen LogP contribution >= 0.6 is 0 Å². The van der Waals surface area contributed by atoms with Gasteiger partial charge in [-0.2, -0.15) is 0 Å². The molecular weight excluding hydrogens is 86.1 g/mol. The van der Waals surface area contributed by atoms with Crippen molar-refractivity contribution in [2.75, 3.05) is 6.54 Å². The highest BCUT2D eigenvalue weighted by Gasteiger charge is 2.36. The molecule has 0 spiro atoms. The van der Waals surface area contributed by atoms with E-state index in [0.717, 1.165) is 18.4 Å². The van der Waals surface area contributed by atoms with Crippen molar-refractivity contribution < 1.29 is 0 Å². The lowest BCUT2D eigenvalue weighted by molar-refractivity contribution is 0.698. The van der Waals surface area contributed by atoms with Crippen LogP contribution in [0.5, 0.6) is 0 Å². The van der Waals surface area contributed by atoms with Crippen molar-refractivity contribution in [3.63, 3.8) is 0 Å². The molecule has 0 aromatic carbocycles. The van der Waals surface area contributed by atoms with Crippen LogP contribution in [0.1, 0.15) is 12.8 Å². The van der Waals surface area contributed by atoms with Gasteiger partial charge in [-0.1, -0.05) is 0 Å². The number of hydrogen-bond donors (Lipinski definition) is 0. The van der Waals surface area contributed by atoms with Gasteiger partial charge in [0.05, 0.1) is 0 Å². The van der Waals surface area contributed by atoms with Gasteiger partial charge in [-0.25, -0.2) is 0 Å². The minimum atomic E-state index is 0.911. The molecule has 2 unspecified atom stereocenters. The van der Waals surface area contributed by atoms with E-state index in [1.54, 1.807) is 0 Å². The predicted octanol–water partition coefficient (Wildman–Crippen LogP) is 1.10. The average Bonchev–Trinajstić information content (AvgIpc) is 2.41. The summed E-state index contributed by atoms with van der Waals surface area (Å²) in [4.78, 5) is 4.17. The first-order chi connectivity index (χ1) is 3.47. The molecule has 0 amide bonds. The molecule has 38 valence electrons. The first-order valence-corrected chi connectivity index (χ1v) is 2.97. The molecule has 1 saturated carbocycles. The molecule has 1 heterocycles. The molecule has 1 fully saturated rings. The molecule has 0 bridgehead atoms. The van der Waals surface area contributed by atoms with Crippen molar-refractivity contribution in [2.45, 2.75) is 12.8 Å². The van der Waals surface area contributed by atoms with Gasteiger partial charge in [-0.05, 0) is 24.7 Å². The fraction of sp³-hybridized carbons (Fsp3) is 0.833. The van der Waals surface area contributed by atoms with Gasteiger partial charge in [0.1, 0.15) is 0 Å². The summed E-state index contributed by atoms with van der Waals surface area (Å²) in [6.07, 6.45) is 4.93. The Kier molecular flexibility index (Phi) is 0.566. The zero-order valence-electron chi connectivity index (χ0n) is 4.30. The van der Waals surface area contributed by atoms with Crippen molar-refractivity contribution in [3.8, 4) is 0 Å². The Labute approximate surface area is 43.4 Å². The molecule has 1 nitrogen and oxygen atoms in total. The van der Waals surface area contributed by atoms with Gasteiger partial charge in [-0.15, -0.1) is 0 Å². The normalized spacial score (nSPS) is 45.7. The number of hydrogen-bond acceptors (Lipinski definition) is 1. The van der Waals surface area contributed by atoms with Crippen LogP contribution in [0, 0.1) is 11.8 Å². The quantitative estimate of drug-likeness (QED) is 0.427. The molecule has 2 aliphatic rings. The summed E-state index contributed by atoms with van der Waals surface area (Å²) in [7, 11) is 0. The van der Waals surface area contributed by atoms with Crippen LogP contribution in [0.2, 0.25) is 0 Å². The fourth-order valence-electron chi connectivity index (χ4n) is 1.24. The second kappa shape index (κ2) is 1.09. The lowest BCUT2D eigenvalue weighted by atomic mass is 10.2. The highest BCUT2D eigenvalue weighted by atomic mass is 14.8. The van der Waals surface area contributed by atoms with Crippen LogP contribution in [0.3, 0.4) is 0 Å². The Morgan fingerprint density at radius 1 is 1.57 bits per heavy atom. The van der Waals surface area contributed by atoms with Crippen LogP contribution in [0.25, 0.3) is 0 Å². The maximum Gasteiger partial charge on any atom is 0.0388 e. The number of aliphatic imine (C=N–C) groups is 1. The summed E-state index contributed by atoms with van der Waals surface area (Å²) < 4.78 is 0. The minimum absolute atomic E-state index is 0.911. The van der Waals surface area contributed by atoms with Crippen molar-refractivity contribution in [1.82, 2.24) is 0 Å². The molecule has 0 N–H and O–H groups in total. The fourth-order valence-corrected chi connectivity index (χ4v) is 1.24. The second-order valence-corrected chi connectivity index (χ2v) is 2.50. The third-order valence-electron chi connectivity index (χ3n) is 1.90. The molecule has 0 radical (unpaired) electrons. The standard InChI is InChI=1S/C6H9N/c1-2-7-4-6-3-5(1)6/h4-6H,1-3H2. The predicted molar refractivity (Wildman–Crippen MR) is 29.6 cm³/mol. The highest BCUT2D eigenvalue weighted by molar-refractivity contribution is 5.65. The lowest BCUT2D eigenvalue weighted by Crippen LogP contribution is -1.94. The van der Waals surface area contributed by atoms with Crippen LogP contribution in [-0.2, 0) is 0 Å². The highest BCUT2D eigenvalue weighted by Crippen LogP contribution is 2.41. The zero-order chi connectivity index (χ0) is 4.69. The molecule has 2 atom stereocenters. The van der Waals surface area contributed by atoms with E-state index in [0.29, 0.717) is 0 Å². The van der Waals surface area contributed by atoms with E-state index in [4.69, 9.17) is 0 Å². The summed E-state index contributed by atoms with van der Waals surface area (Å²) in [5, 5.41) is 0. The third-order valence-corrected chi connectivity index (χ3v) is 1.90. The van der Waals surface area contributed by atoms with Gasteiger partial charge < -0.3 is 0 Å². The van der Waals surface area contributed by atoms with Gasteiger partial charge >= 0.3 is 0 Å². The summed E-state index contributed by atoms with van der Waals surface area (Å²) >= 11 is 0. The van der Waals surface area contributed by atoms with Crippen LogP contribution in [0.4, 0.5) is 0 Å². The van der Waals surface area contributed by atoms with E-state index in [9.17, 15) is 0 Å². The van der Waals surface area contributed by atoms with Gasteiger partial charge in [0.2, 0.25) is 0 Å². The monoisotopic (exact) mass is 95.1 g/mol. The van der Waals surface area contributed by atoms with Gasteiger partial charge in [-0.3, -0.25) is 4.99 Å². The number of nitrogens with zero attached hydrogens (tertiary/aromatic N) is 1. The Hall–Kier alpha value is -0.330. The first kappa shape index (κ1) is 3.65. The largest absolute Gasteiger partial charge is 0.297 e. The van der Waals surface area contributed by atoms with E-state index in [1.807, 2.05) is 0 Å². The van der Waals surface area contributed by atoms with Gasteiger partial charge in [0.15, 0.2) is 0 Å². The van der Waals surface area contributed by atoms with Crippen LogP contribution < -0.4 is 0 Å². The number of fused-ring (bicyclic) bond motifs is 1. The Bertz CT molecular complexity index is 107. The van der Waals surface area contributed by atoms with E-state index in [-0.39, 0.29) is 0 Å². The van der Waals surface area contributed by atoms with Crippen molar-refractivity contribution in [2.24, 2.45) is 16.8 Å². The van der Waals surface area contributed by atoms with Crippen molar-refractivity contribution in [3.05, 3.63) is 0 Å². The topological polar surface area (TPSA) is 12.4 Å².